The monoisotopic (exact) mass is 397 g/mol. The number of rotatable bonds is 4. The van der Waals surface area contributed by atoms with Crippen molar-refractivity contribution in [3.63, 3.8) is 0 Å². The molecule has 1 aromatic heterocycles. The van der Waals surface area contributed by atoms with Crippen LogP contribution in [-0.2, 0) is 4.74 Å². The van der Waals surface area contributed by atoms with Crippen LogP contribution in [0.5, 0.6) is 0 Å². The van der Waals surface area contributed by atoms with Gasteiger partial charge in [-0.2, -0.15) is 4.98 Å². The van der Waals surface area contributed by atoms with Crippen molar-refractivity contribution in [1.29, 1.82) is 0 Å². The summed E-state index contributed by atoms with van der Waals surface area (Å²) in [6.07, 6.45) is 3.29. The zero-order chi connectivity index (χ0) is 17.7. The molecule has 0 unspecified atom stereocenters. The number of carbonyl (C=O) groups is 1. The average Bonchev–Trinajstić information content (AvgIpc) is 2.53. The van der Waals surface area contributed by atoms with Crippen molar-refractivity contribution >= 4 is 40.5 Å². The van der Waals surface area contributed by atoms with Crippen molar-refractivity contribution in [2.75, 3.05) is 25.0 Å². The smallest absolute Gasteiger partial charge is 0.410 e. The van der Waals surface area contributed by atoms with E-state index in [4.69, 9.17) is 4.74 Å². The first kappa shape index (κ1) is 18.6. The third-order valence-electron chi connectivity index (χ3n) is 3.70. The molecule has 24 heavy (non-hydrogen) atoms. The normalized spacial score (nSPS) is 15.9. The van der Waals surface area contributed by atoms with Crippen molar-refractivity contribution < 1.29 is 9.53 Å². The number of hydrogen-bond acceptors (Lipinski definition) is 6. The number of aromatic nitrogens is 2. The molecule has 0 aromatic carbocycles. The fourth-order valence-electron chi connectivity index (χ4n) is 2.45. The molecular formula is C16H24BrN5O2. The van der Waals surface area contributed by atoms with Crippen molar-refractivity contribution in [2.24, 2.45) is 10.9 Å². The van der Waals surface area contributed by atoms with E-state index in [1.165, 1.54) is 0 Å². The Morgan fingerprint density at radius 3 is 2.75 bits per heavy atom. The lowest BCUT2D eigenvalue weighted by atomic mass is 9.97. The minimum atomic E-state index is -0.453. The van der Waals surface area contributed by atoms with E-state index in [0.717, 1.165) is 23.9 Å². The predicted molar refractivity (Wildman–Crippen MR) is 98.0 cm³/mol. The summed E-state index contributed by atoms with van der Waals surface area (Å²) in [4.78, 5) is 25.9. The van der Waals surface area contributed by atoms with E-state index in [1.54, 1.807) is 11.1 Å². The van der Waals surface area contributed by atoms with Gasteiger partial charge in [0.15, 0.2) is 0 Å². The number of nitrogens with zero attached hydrogens (tertiary/aromatic N) is 4. The molecule has 0 saturated carbocycles. The van der Waals surface area contributed by atoms with Gasteiger partial charge in [0, 0.05) is 25.8 Å². The van der Waals surface area contributed by atoms with Crippen LogP contribution in [0.3, 0.4) is 0 Å². The van der Waals surface area contributed by atoms with Gasteiger partial charge in [-0.15, -0.1) is 0 Å². The van der Waals surface area contributed by atoms with Gasteiger partial charge in [0.05, 0.1) is 4.47 Å². The number of carbonyl (C=O) groups excluding carboxylic acids is 1. The van der Waals surface area contributed by atoms with Gasteiger partial charge in [0.25, 0.3) is 5.95 Å². The first-order valence-corrected chi connectivity index (χ1v) is 8.79. The van der Waals surface area contributed by atoms with Gasteiger partial charge >= 0.3 is 6.09 Å². The first-order valence-electron chi connectivity index (χ1n) is 7.99. The first-order chi connectivity index (χ1) is 11.3. The van der Waals surface area contributed by atoms with Crippen LogP contribution < -0.4 is 5.32 Å². The molecule has 1 aromatic rings. The molecule has 1 amide bonds. The summed E-state index contributed by atoms with van der Waals surface area (Å²) in [5.74, 6) is 1.54. The molecule has 8 heteroatoms. The Morgan fingerprint density at radius 2 is 2.17 bits per heavy atom. The lowest BCUT2D eigenvalue weighted by Gasteiger charge is -2.33. The molecule has 0 atom stereocenters. The second-order valence-electron chi connectivity index (χ2n) is 6.82. The fraction of sp³-hybridized carbons (Fsp3) is 0.625. The van der Waals surface area contributed by atoms with Crippen LogP contribution >= 0.6 is 15.9 Å². The second kappa shape index (κ2) is 7.92. The fourth-order valence-corrected chi connectivity index (χ4v) is 2.78. The maximum atomic E-state index is 12.1. The Balaban J connectivity index is 1.81. The molecule has 2 rings (SSSR count). The molecule has 1 saturated heterocycles. The van der Waals surface area contributed by atoms with E-state index in [0.29, 0.717) is 30.8 Å². The van der Waals surface area contributed by atoms with Crippen LogP contribution in [0.4, 0.5) is 16.6 Å². The van der Waals surface area contributed by atoms with Gasteiger partial charge in [0.2, 0.25) is 0 Å². The molecule has 1 N–H and O–H groups in total. The van der Waals surface area contributed by atoms with E-state index in [2.05, 4.69) is 42.9 Å². The standard InChI is InChI=1S/C16H24BrN5O2/c1-16(2,3)24-15(23)22-7-5-11(6-8-22)9-19-13-12(17)10-20-14(18-4)21-13/h10-11H,4-9H2,1-3H3,(H,19,20,21). The Labute approximate surface area is 151 Å². The number of aliphatic imine (C=N–C) groups is 1. The molecule has 2 heterocycles. The number of hydrogen-bond donors (Lipinski definition) is 1. The zero-order valence-electron chi connectivity index (χ0n) is 14.4. The van der Waals surface area contributed by atoms with Crippen LogP contribution in [0, 0.1) is 5.92 Å². The Hall–Kier alpha value is -1.70. The van der Waals surface area contributed by atoms with Gasteiger partial charge in [-0.3, -0.25) is 0 Å². The minimum Gasteiger partial charge on any atom is -0.444 e. The van der Waals surface area contributed by atoms with Gasteiger partial charge < -0.3 is 15.0 Å². The molecule has 1 aliphatic heterocycles. The van der Waals surface area contributed by atoms with E-state index in [1.807, 2.05) is 20.8 Å². The maximum absolute atomic E-state index is 12.1. The topological polar surface area (TPSA) is 79.7 Å². The van der Waals surface area contributed by atoms with Gasteiger partial charge in [-0.1, -0.05) is 0 Å². The summed E-state index contributed by atoms with van der Waals surface area (Å²) in [5.41, 5.74) is -0.453. The Bertz CT molecular complexity index is 595. The molecular weight excluding hydrogens is 374 g/mol. The highest BCUT2D eigenvalue weighted by atomic mass is 79.9. The van der Waals surface area contributed by atoms with E-state index in [-0.39, 0.29) is 6.09 Å². The summed E-state index contributed by atoms with van der Waals surface area (Å²) in [6, 6.07) is 0. The summed E-state index contributed by atoms with van der Waals surface area (Å²) in [6.45, 7) is 11.3. The SMILES string of the molecule is C=Nc1ncc(Br)c(NCC2CCN(C(=O)OC(C)(C)C)CC2)n1. The van der Waals surface area contributed by atoms with Crippen LogP contribution in [0.15, 0.2) is 15.7 Å². The van der Waals surface area contributed by atoms with Crippen LogP contribution in [0.1, 0.15) is 33.6 Å². The van der Waals surface area contributed by atoms with Crippen LogP contribution in [0.2, 0.25) is 0 Å². The summed E-state index contributed by atoms with van der Waals surface area (Å²) in [5, 5.41) is 3.32. The van der Waals surface area contributed by atoms with Crippen LogP contribution in [0.25, 0.3) is 0 Å². The van der Waals surface area contributed by atoms with Crippen molar-refractivity contribution in [3.05, 3.63) is 10.7 Å². The maximum Gasteiger partial charge on any atom is 0.410 e. The molecule has 0 spiro atoms. The third kappa shape index (κ3) is 5.43. The molecule has 1 fully saturated rings. The van der Waals surface area contributed by atoms with Crippen molar-refractivity contribution in [2.45, 2.75) is 39.2 Å². The largest absolute Gasteiger partial charge is 0.444 e. The molecule has 0 radical (unpaired) electrons. The Morgan fingerprint density at radius 1 is 1.50 bits per heavy atom. The second-order valence-corrected chi connectivity index (χ2v) is 7.67. The van der Waals surface area contributed by atoms with E-state index in [9.17, 15) is 4.79 Å². The minimum absolute atomic E-state index is 0.228. The molecule has 0 bridgehead atoms. The number of likely N-dealkylation sites (tertiary alicyclic amines) is 1. The van der Waals surface area contributed by atoms with Crippen molar-refractivity contribution in [3.8, 4) is 0 Å². The summed E-state index contributed by atoms with van der Waals surface area (Å²) in [7, 11) is 0. The lowest BCUT2D eigenvalue weighted by molar-refractivity contribution is 0.0188. The van der Waals surface area contributed by atoms with E-state index < -0.39 is 5.60 Å². The average molecular weight is 398 g/mol. The number of anilines is 1. The lowest BCUT2D eigenvalue weighted by Crippen LogP contribution is -2.42. The molecule has 132 valence electrons. The van der Waals surface area contributed by atoms with Gasteiger partial charge in [-0.05, 0) is 62.2 Å². The highest BCUT2D eigenvalue weighted by Gasteiger charge is 2.26. The molecule has 1 aliphatic rings. The number of piperidine rings is 1. The van der Waals surface area contributed by atoms with Crippen molar-refractivity contribution in [1.82, 2.24) is 14.9 Å². The predicted octanol–water partition coefficient (Wildman–Crippen LogP) is 3.63. The highest BCUT2D eigenvalue weighted by molar-refractivity contribution is 9.10. The number of amides is 1. The van der Waals surface area contributed by atoms with Gasteiger partial charge in [0.1, 0.15) is 11.4 Å². The summed E-state index contributed by atoms with van der Waals surface area (Å²) >= 11 is 3.42. The zero-order valence-corrected chi connectivity index (χ0v) is 16.0. The number of halogens is 1. The Kier molecular flexibility index (Phi) is 6.15. The highest BCUT2D eigenvalue weighted by Crippen LogP contribution is 2.24. The molecule has 7 nitrogen and oxygen atoms in total. The number of ether oxygens (including phenoxy) is 1. The van der Waals surface area contributed by atoms with Crippen LogP contribution in [-0.4, -0.2) is 52.9 Å². The van der Waals surface area contributed by atoms with E-state index >= 15 is 0 Å². The molecule has 0 aliphatic carbocycles. The summed E-state index contributed by atoms with van der Waals surface area (Å²) < 4.78 is 6.21. The quantitative estimate of drug-likeness (QED) is 0.784. The number of nitrogens with one attached hydrogen (secondary N) is 1. The third-order valence-corrected chi connectivity index (χ3v) is 4.28. The van der Waals surface area contributed by atoms with Gasteiger partial charge in [-0.25, -0.2) is 14.8 Å².